The Hall–Kier alpha value is -1.51. The first-order chi connectivity index (χ1) is 8.04. The van der Waals surface area contributed by atoms with Gasteiger partial charge in [-0.1, -0.05) is 13.8 Å². The maximum Gasteiger partial charge on any atom is 0.251 e. The lowest BCUT2D eigenvalue weighted by Gasteiger charge is -2.17. The summed E-state index contributed by atoms with van der Waals surface area (Å²) in [4.78, 5) is 11.9. The SMILES string of the molecule is CCOc1ccc(C(=O)NC(C)C(C)C)cc1. The predicted octanol–water partition coefficient (Wildman–Crippen LogP) is 2.86. The van der Waals surface area contributed by atoms with E-state index in [2.05, 4.69) is 19.2 Å². The van der Waals surface area contributed by atoms with Crippen molar-refractivity contribution < 1.29 is 9.53 Å². The monoisotopic (exact) mass is 235 g/mol. The van der Waals surface area contributed by atoms with E-state index in [1.54, 1.807) is 12.1 Å². The zero-order valence-electron chi connectivity index (χ0n) is 11.0. The molecule has 1 unspecified atom stereocenters. The number of amides is 1. The summed E-state index contributed by atoms with van der Waals surface area (Å²) in [5.41, 5.74) is 0.668. The molecule has 0 aromatic heterocycles. The van der Waals surface area contributed by atoms with E-state index in [0.29, 0.717) is 18.1 Å². The molecule has 94 valence electrons. The smallest absolute Gasteiger partial charge is 0.251 e. The molecular weight excluding hydrogens is 214 g/mol. The molecule has 1 rings (SSSR count). The largest absolute Gasteiger partial charge is 0.494 e. The molecule has 0 spiro atoms. The summed E-state index contributed by atoms with van der Waals surface area (Å²) in [6.45, 7) is 8.75. The van der Waals surface area contributed by atoms with E-state index >= 15 is 0 Å². The summed E-state index contributed by atoms with van der Waals surface area (Å²) >= 11 is 0. The number of carbonyl (C=O) groups is 1. The van der Waals surface area contributed by atoms with Crippen molar-refractivity contribution in [1.82, 2.24) is 5.32 Å². The minimum atomic E-state index is -0.0331. The summed E-state index contributed by atoms with van der Waals surface area (Å²) in [6.07, 6.45) is 0. The average molecular weight is 235 g/mol. The van der Waals surface area contributed by atoms with Crippen molar-refractivity contribution in [2.75, 3.05) is 6.61 Å². The normalized spacial score (nSPS) is 12.3. The molecule has 0 saturated carbocycles. The van der Waals surface area contributed by atoms with Crippen molar-refractivity contribution in [3.8, 4) is 5.75 Å². The highest BCUT2D eigenvalue weighted by atomic mass is 16.5. The van der Waals surface area contributed by atoms with Gasteiger partial charge in [0.15, 0.2) is 0 Å². The van der Waals surface area contributed by atoms with Crippen molar-refractivity contribution >= 4 is 5.91 Å². The van der Waals surface area contributed by atoms with Gasteiger partial charge in [-0.3, -0.25) is 4.79 Å². The van der Waals surface area contributed by atoms with Crippen molar-refractivity contribution in [3.63, 3.8) is 0 Å². The Kier molecular flexibility index (Phi) is 5.01. The first-order valence-corrected chi connectivity index (χ1v) is 6.08. The Morgan fingerprint density at radius 3 is 2.29 bits per heavy atom. The molecule has 0 aliphatic heterocycles. The second-order valence-corrected chi connectivity index (χ2v) is 4.46. The fourth-order valence-corrected chi connectivity index (χ4v) is 1.33. The van der Waals surface area contributed by atoms with E-state index in [-0.39, 0.29) is 11.9 Å². The van der Waals surface area contributed by atoms with Crippen LogP contribution in [-0.2, 0) is 0 Å². The van der Waals surface area contributed by atoms with Gasteiger partial charge < -0.3 is 10.1 Å². The van der Waals surface area contributed by atoms with Crippen LogP contribution < -0.4 is 10.1 Å². The number of ether oxygens (including phenoxy) is 1. The fourth-order valence-electron chi connectivity index (χ4n) is 1.33. The second-order valence-electron chi connectivity index (χ2n) is 4.46. The average Bonchev–Trinajstić information content (AvgIpc) is 2.30. The molecule has 3 heteroatoms. The van der Waals surface area contributed by atoms with Crippen molar-refractivity contribution in [3.05, 3.63) is 29.8 Å². The maximum absolute atomic E-state index is 11.9. The van der Waals surface area contributed by atoms with Crippen LogP contribution in [-0.4, -0.2) is 18.6 Å². The van der Waals surface area contributed by atoms with E-state index in [0.717, 1.165) is 5.75 Å². The molecule has 17 heavy (non-hydrogen) atoms. The van der Waals surface area contributed by atoms with Crippen LogP contribution in [0.3, 0.4) is 0 Å². The number of benzene rings is 1. The Bertz CT molecular complexity index is 357. The highest BCUT2D eigenvalue weighted by molar-refractivity contribution is 5.94. The summed E-state index contributed by atoms with van der Waals surface area (Å²) in [5, 5.41) is 2.97. The molecule has 0 aliphatic carbocycles. The molecule has 0 aliphatic rings. The first-order valence-electron chi connectivity index (χ1n) is 6.08. The van der Waals surface area contributed by atoms with Crippen LogP contribution in [0.5, 0.6) is 5.75 Å². The van der Waals surface area contributed by atoms with Crippen molar-refractivity contribution in [2.24, 2.45) is 5.92 Å². The number of hydrogen-bond donors (Lipinski definition) is 1. The lowest BCUT2D eigenvalue weighted by Crippen LogP contribution is -2.36. The molecule has 0 fully saturated rings. The highest BCUT2D eigenvalue weighted by Crippen LogP contribution is 2.12. The molecule has 0 heterocycles. The number of rotatable bonds is 5. The molecule has 1 amide bonds. The predicted molar refractivity (Wildman–Crippen MR) is 69.4 cm³/mol. The maximum atomic E-state index is 11.9. The second kappa shape index (κ2) is 6.28. The van der Waals surface area contributed by atoms with Gasteiger partial charge in [0.2, 0.25) is 0 Å². The van der Waals surface area contributed by atoms with Crippen LogP contribution in [0.4, 0.5) is 0 Å². The standard InChI is InChI=1S/C14H21NO2/c1-5-17-13-8-6-12(7-9-13)14(16)15-11(4)10(2)3/h6-11H,5H2,1-4H3,(H,15,16). The number of carbonyl (C=O) groups excluding carboxylic acids is 1. The van der Waals surface area contributed by atoms with Gasteiger partial charge in [0.1, 0.15) is 5.75 Å². The highest BCUT2D eigenvalue weighted by Gasteiger charge is 2.12. The van der Waals surface area contributed by atoms with Crippen molar-refractivity contribution in [1.29, 1.82) is 0 Å². The van der Waals surface area contributed by atoms with Gasteiger partial charge in [0, 0.05) is 11.6 Å². The molecule has 0 saturated heterocycles. The van der Waals surface area contributed by atoms with Gasteiger partial charge in [-0.25, -0.2) is 0 Å². The molecule has 0 bridgehead atoms. The Morgan fingerprint density at radius 2 is 1.82 bits per heavy atom. The van der Waals surface area contributed by atoms with E-state index < -0.39 is 0 Å². The minimum Gasteiger partial charge on any atom is -0.494 e. The van der Waals surface area contributed by atoms with E-state index in [1.165, 1.54) is 0 Å². The summed E-state index contributed by atoms with van der Waals surface area (Å²) < 4.78 is 5.33. The third-order valence-corrected chi connectivity index (χ3v) is 2.79. The molecular formula is C14H21NO2. The van der Waals surface area contributed by atoms with Crippen LogP contribution in [0.25, 0.3) is 0 Å². The Labute approximate surface area is 103 Å². The molecule has 1 aromatic carbocycles. The summed E-state index contributed by atoms with van der Waals surface area (Å²) in [7, 11) is 0. The van der Waals surface area contributed by atoms with Gasteiger partial charge in [-0.15, -0.1) is 0 Å². The zero-order valence-corrected chi connectivity index (χ0v) is 11.0. The third-order valence-electron chi connectivity index (χ3n) is 2.79. The van der Waals surface area contributed by atoms with Gasteiger partial charge >= 0.3 is 0 Å². The van der Waals surface area contributed by atoms with E-state index in [1.807, 2.05) is 26.0 Å². The van der Waals surface area contributed by atoms with Crippen molar-refractivity contribution in [2.45, 2.75) is 33.7 Å². The van der Waals surface area contributed by atoms with Crippen LogP contribution in [0.1, 0.15) is 38.1 Å². The minimum absolute atomic E-state index is 0.0331. The molecule has 1 aromatic rings. The van der Waals surface area contributed by atoms with E-state index in [9.17, 15) is 4.79 Å². The zero-order chi connectivity index (χ0) is 12.8. The number of nitrogens with one attached hydrogen (secondary N) is 1. The fraction of sp³-hybridized carbons (Fsp3) is 0.500. The molecule has 3 nitrogen and oxygen atoms in total. The lowest BCUT2D eigenvalue weighted by molar-refractivity contribution is 0.0930. The van der Waals surface area contributed by atoms with Gasteiger partial charge in [-0.05, 0) is 44.0 Å². The molecule has 1 N–H and O–H groups in total. The van der Waals surface area contributed by atoms with Gasteiger partial charge in [0.25, 0.3) is 5.91 Å². The summed E-state index contributed by atoms with van der Waals surface area (Å²) in [6, 6.07) is 7.38. The summed E-state index contributed by atoms with van der Waals surface area (Å²) in [5.74, 6) is 1.19. The topological polar surface area (TPSA) is 38.3 Å². The van der Waals surface area contributed by atoms with Gasteiger partial charge in [0.05, 0.1) is 6.61 Å². The number of hydrogen-bond acceptors (Lipinski definition) is 2. The Balaban J connectivity index is 2.63. The van der Waals surface area contributed by atoms with Crippen LogP contribution >= 0.6 is 0 Å². The molecule has 1 atom stereocenters. The third kappa shape index (κ3) is 4.10. The van der Waals surface area contributed by atoms with Crippen LogP contribution in [0.15, 0.2) is 24.3 Å². The van der Waals surface area contributed by atoms with Gasteiger partial charge in [-0.2, -0.15) is 0 Å². The Morgan fingerprint density at radius 1 is 1.24 bits per heavy atom. The van der Waals surface area contributed by atoms with E-state index in [4.69, 9.17) is 4.74 Å². The lowest BCUT2D eigenvalue weighted by atomic mass is 10.1. The molecule has 0 radical (unpaired) electrons. The van der Waals surface area contributed by atoms with Crippen LogP contribution in [0.2, 0.25) is 0 Å². The quantitative estimate of drug-likeness (QED) is 0.852. The first kappa shape index (κ1) is 13.6. The van der Waals surface area contributed by atoms with Crippen LogP contribution in [0, 0.1) is 5.92 Å².